The molecule has 2 rings (SSSR count). The van der Waals surface area contributed by atoms with E-state index in [1.54, 1.807) is 24.8 Å². The van der Waals surface area contributed by atoms with Crippen LogP contribution >= 0.6 is 11.8 Å². The van der Waals surface area contributed by atoms with Crippen LogP contribution in [0.25, 0.3) is 0 Å². The SMILES string of the molecule is Cc1ccc(SCCC(=O)OC(C)C(=O)Nc2cc(C)no2)cc1. The minimum absolute atomic E-state index is 0.232. The van der Waals surface area contributed by atoms with Crippen LogP contribution in [0.4, 0.5) is 5.88 Å². The maximum atomic E-state index is 11.9. The van der Waals surface area contributed by atoms with E-state index in [1.807, 2.05) is 31.2 Å². The highest BCUT2D eigenvalue weighted by Gasteiger charge is 2.19. The molecule has 0 fully saturated rings. The van der Waals surface area contributed by atoms with Crippen LogP contribution in [0, 0.1) is 13.8 Å². The summed E-state index contributed by atoms with van der Waals surface area (Å²) in [7, 11) is 0. The maximum absolute atomic E-state index is 11.9. The second kappa shape index (κ2) is 8.54. The summed E-state index contributed by atoms with van der Waals surface area (Å²) in [5.74, 6) is -0.0376. The van der Waals surface area contributed by atoms with E-state index in [9.17, 15) is 9.59 Å². The normalized spacial score (nSPS) is 11.8. The first-order valence-electron chi connectivity index (χ1n) is 7.57. The molecule has 0 bridgehead atoms. The van der Waals surface area contributed by atoms with Gasteiger partial charge in [-0.05, 0) is 32.9 Å². The van der Waals surface area contributed by atoms with Gasteiger partial charge in [-0.2, -0.15) is 0 Å². The van der Waals surface area contributed by atoms with E-state index in [0.717, 1.165) is 4.90 Å². The van der Waals surface area contributed by atoms with E-state index in [-0.39, 0.29) is 12.3 Å². The summed E-state index contributed by atoms with van der Waals surface area (Å²) < 4.78 is 10.0. The van der Waals surface area contributed by atoms with Gasteiger partial charge in [-0.3, -0.25) is 14.9 Å². The van der Waals surface area contributed by atoms with Crippen LogP contribution in [0.15, 0.2) is 39.8 Å². The third-order valence-corrected chi connectivity index (χ3v) is 4.16. The van der Waals surface area contributed by atoms with E-state index in [4.69, 9.17) is 9.26 Å². The highest BCUT2D eigenvalue weighted by Crippen LogP contribution is 2.19. The number of carbonyl (C=O) groups is 2. The van der Waals surface area contributed by atoms with Gasteiger partial charge in [0.15, 0.2) is 6.10 Å². The van der Waals surface area contributed by atoms with E-state index in [1.165, 1.54) is 12.5 Å². The second-order valence-electron chi connectivity index (χ2n) is 5.37. The van der Waals surface area contributed by atoms with Crippen molar-refractivity contribution in [2.45, 2.75) is 38.2 Å². The Bertz CT molecular complexity index is 697. The van der Waals surface area contributed by atoms with E-state index in [2.05, 4.69) is 10.5 Å². The van der Waals surface area contributed by atoms with E-state index >= 15 is 0 Å². The molecule has 1 aromatic heterocycles. The third kappa shape index (κ3) is 5.73. The molecule has 7 heteroatoms. The predicted octanol–water partition coefficient (Wildman–Crippen LogP) is 3.34. The molecule has 1 aromatic carbocycles. The highest BCUT2D eigenvalue weighted by atomic mass is 32.2. The highest BCUT2D eigenvalue weighted by molar-refractivity contribution is 7.99. The lowest BCUT2D eigenvalue weighted by Gasteiger charge is -2.12. The van der Waals surface area contributed by atoms with Crippen molar-refractivity contribution in [1.29, 1.82) is 0 Å². The number of amides is 1. The molecule has 0 saturated heterocycles. The Morgan fingerprint density at radius 1 is 1.29 bits per heavy atom. The molecule has 0 spiro atoms. The van der Waals surface area contributed by atoms with Gasteiger partial charge in [0.05, 0.1) is 12.1 Å². The Labute approximate surface area is 144 Å². The van der Waals surface area contributed by atoms with Gasteiger partial charge in [0.25, 0.3) is 5.91 Å². The average Bonchev–Trinajstić information content (AvgIpc) is 2.94. The van der Waals surface area contributed by atoms with Crippen molar-refractivity contribution in [3.8, 4) is 0 Å². The number of hydrogen-bond acceptors (Lipinski definition) is 6. The Balaban J connectivity index is 1.70. The Hall–Kier alpha value is -2.28. The lowest BCUT2D eigenvalue weighted by Crippen LogP contribution is -2.29. The summed E-state index contributed by atoms with van der Waals surface area (Å²) in [5, 5.41) is 6.17. The number of hydrogen-bond donors (Lipinski definition) is 1. The average molecular weight is 348 g/mol. The summed E-state index contributed by atoms with van der Waals surface area (Å²) in [4.78, 5) is 24.8. The van der Waals surface area contributed by atoms with Crippen molar-refractivity contribution in [2.75, 3.05) is 11.1 Å². The molecule has 24 heavy (non-hydrogen) atoms. The van der Waals surface area contributed by atoms with Crippen molar-refractivity contribution in [1.82, 2.24) is 5.16 Å². The molecule has 2 aromatic rings. The van der Waals surface area contributed by atoms with Crippen LogP contribution in [0.5, 0.6) is 0 Å². The summed E-state index contributed by atoms with van der Waals surface area (Å²) in [6, 6.07) is 9.67. The third-order valence-electron chi connectivity index (χ3n) is 3.15. The number of aryl methyl sites for hydroxylation is 2. The van der Waals surface area contributed by atoms with Crippen molar-refractivity contribution in [3.05, 3.63) is 41.6 Å². The molecule has 1 amide bonds. The topological polar surface area (TPSA) is 81.4 Å². The molecule has 0 aliphatic rings. The molecule has 6 nitrogen and oxygen atoms in total. The van der Waals surface area contributed by atoms with Gasteiger partial charge in [0.2, 0.25) is 5.88 Å². The summed E-state index contributed by atoms with van der Waals surface area (Å²) in [6.45, 7) is 5.29. The van der Waals surface area contributed by atoms with Crippen LogP contribution in [-0.2, 0) is 14.3 Å². The number of esters is 1. The number of ether oxygens (including phenoxy) is 1. The van der Waals surface area contributed by atoms with Crippen LogP contribution in [-0.4, -0.2) is 28.9 Å². The minimum atomic E-state index is -0.896. The summed E-state index contributed by atoms with van der Waals surface area (Å²) >= 11 is 1.57. The molecule has 0 aliphatic carbocycles. The smallest absolute Gasteiger partial charge is 0.307 e. The Morgan fingerprint density at radius 3 is 2.62 bits per heavy atom. The monoisotopic (exact) mass is 348 g/mol. The minimum Gasteiger partial charge on any atom is -0.453 e. The molecule has 0 saturated carbocycles. The molecule has 1 heterocycles. The molecule has 1 unspecified atom stereocenters. The van der Waals surface area contributed by atoms with Gasteiger partial charge in [-0.15, -0.1) is 11.8 Å². The molecule has 1 atom stereocenters. The number of nitrogens with zero attached hydrogens (tertiary/aromatic N) is 1. The van der Waals surface area contributed by atoms with Gasteiger partial charge in [0, 0.05) is 16.7 Å². The zero-order chi connectivity index (χ0) is 17.5. The van der Waals surface area contributed by atoms with Gasteiger partial charge < -0.3 is 9.26 Å². The van der Waals surface area contributed by atoms with Gasteiger partial charge in [-0.25, -0.2) is 0 Å². The van der Waals surface area contributed by atoms with Gasteiger partial charge >= 0.3 is 5.97 Å². The van der Waals surface area contributed by atoms with Gasteiger partial charge in [-0.1, -0.05) is 22.9 Å². The van der Waals surface area contributed by atoms with Crippen LogP contribution in [0.2, 0.25) is 0 Å². The fraction of sp³-hybridized carbons (Fsp3) is 0.353. The van der Waals surface area contributed by atoms with Gasteiger partial charge in [0.1, 0.15) is 0 Å². The standard InChI is InChI=1S/C17H20N2O4S/c1-11-4-6-14(7-5-11)24-9-8-16(20)22-13(3)17(21)18-15-10-12(2)19-23-15/h4-7,10,13H,8-9H2,1-3H3,(H,18,21). The van der Waals surface area contributed by atoms with Crippen LogP contribution in [0.1, 0.15) is 24.6 Å². The number of thioether (sulfide) groups is 1. The Kier molecular flexibility index (Phi) is 6.43. The van der Waals surface area contributed by atoms with E-state index < -0.39 is 18.0 Å². The number of nitrogens with one attached hydrogen (secondary N) is 1. The molecular weight excluding hydrogens is 328 g/mol. The Morgan fingerprint density at radius 2 is 2.00 bits per heavy atom. The first-order valence-corrected chi connectivity index (χ1v) is 8.56. The quantitative estimate of drug-likeness (QED) is 0.610. The molecular formula is C17H20N2O4S. The lowest BCUT2D eigenvalue weighted by atomic mass is 10.2. The number of benzene rings is 1. The van der Waals surface area contributed by atoms with Crippen LogP contribution in [0.3, 0.4) is 0 Å². The number of rotatable bonds is 7. The number of carbonyl (C=O) groups excluding carboxylic acids is 2. The fourth-order valence-corrected chi connectivity index (χ4v) is 2.67. The first kappa shape index (κ1) is 18.1. The van der Waals surface area contributed by atoms with Crippen molar-refractivity contribution in [2.24, 2.45) is 0 Å². The molecule has 0 aliphatic heterocycles. The first-order chi connectivity index (χ1) is 11.4. The largest absolute Gasteiger partial charge is 0.453 e. The fourth-order valence-electron chi connectivity index (χ4n) is 1.84. The predicted molar refractivity (Wildman–Crippen MR) is 91.9 cm³/mol. The van der Waals surface area contributed by atoms with Crippen molar-refractivity contribution in [3.63, 3.8) is 0 Å². The van der Waals surface area contributed by atoms with E-state index in [0.29, 0.717) is 11.4 Å². The van der Waals surface area contributed by atoms with Crippen molar-refractivity contribution >= 4 is 29.5 Å². The summed E-state index contributed by atoms with van der Waals surface area (Å²) in [5.41, 5.74) is 1.85. The molecule has 128 valence electrons. The molecule has 1 N–H and O–H groups in total. The van der Waals surface area contributed by atoms with Crippen molar-refractivity contribution < 1.29 is 18.8 Å². The zero-order valence-corrected chi connectivity index (χ0v) is 14.7. The lowest BCUT2D eigenvalue weighted by molar-refractivity contribution is -0.152. The zero-order valence-electron chi connectivity index (χ0n) is 13.9. The molecule has 0 radical (unpaired) electrons. The number of anilines is 1. The van der Waals surface area contributed by atoms with Crippen LogP contribution < -0.4 is 5.32 Å². The number of aromatic nitrogens is 1. The summed E-state index contributed by atoms with van der Waals surface area (Å²) in [6.07, 6.45) is -0.662. The second-order valence-corrected chi connectivity index (χ2v) is 6.53. The maximum Gasteiger partial charge on any atom is 0.307 e.